The van der Waals surface area contributed by atoms with Crippen LogP contribution in [0, 0.1) is 0 Å². The molecule has 132 valence electrons. The first-order valence-corrected chi connectivity index (χ1v) is 9.46. The van der Waals surface area contributed by atoms with Gasteiger partial charge >= 0.3 is 29.6 Å². The molecule has 0 aromatic heterocycles. The Hall–Kier alpha value is -0.720. The molecule has 2 aromatic carbocycles. The van der Waals surface area contributed by atoms with Crippen LogP contribution in [-0.4, -0.2) is 54.2 Å². The van der Waals surface area contributed by atoms with Crippen molar-refractivity contribution in [3.05, 3.63) is 24.3 Å². The number of quaternary nitrogens is 1. The topological polar surface area (TPSA) is 124 Å². The standard InChI is InChI=1S/C14H17NO7S2.Na/c1-15(2,3)12-7-10(23(16,17)18)5-9-6-11(24(19,20)21)8-13(22-4)14(9)12;/h5-8H,1-4H3,(H-,16,17,18,19,20,21);/q;+1/p-1. The van der Waals surface area contributed by atoms with Crippen LogP contribution in [0.4, 0.5) is 5.69 Å². The molecule has 2 aromatic rings. The maximum Gasteiger partial charge on any atom is 1.00 e. The first-order chi connectivity index (χ1) is 10.7. The molecule has 11 heteroatoms. The number of benzene rings is 2. The Morgan fingerprint density at radius 3 is 1.68 bits per heavy atom. The van der Waals surface area contributed by atoms with Crippen LogP contribution in [0.2, 0.25) is 0 Å². The molecule has 0 aliphatic rings. The maximum atomic E-state index is 11.4. The van der Waals surface area contributed by atoms with Crippen LogP contribution < -0.4 is 38.8 Å². The average Bonchev–Trinajstić information content (AvgIpc) is 2.41. The summed E-state index contributed by atoms with van der Waals surface area (Å²) in [5.74, 6) is 0.0971. The molecule has 8 nitrogen and oxygen atoms in total. The molecule has 0 fully saturated rings. The maximum absolute atomic E-state index is 11.4. The van der Waals surface area contributed by atoms with Crippen molar-refractivity contribution in [1.29, 1.82) is 0 Å². The van der Waals surface area contributed by atoms with E-state index < -0.39 is 30.0 Å². The van der Waals surface area contributed by atoms with E-state index in [1.807, 2.05) is 0 Å². The quantitative estimate of drug-likeness (QED) is 0.328. The van der Waals surface area contributed by atoms with Gasteiger partial charge in [0, 0.05) is 6.07 Å². The van der Waals surface area contributed by atoms with Gasteiger partial charge in [-0.15, -0.1) is 0 Å². The molecule has 0 N–H and O–H groups in total. The van der Waals surface area contributed by atoms with E-state index in [1.165, 1.54) is 13.2 Å². The summed E-state index contributed by atoms with van der Waals surface area (Å²) in [6.07, 6.45) is 0. The van der Waals surface area contributed by atoms with E-state index >= 15 is 0 Å². The molecular formula is C14H16NNaO7S2. The monoisotopic (exact) mass is 397 g/mol. The molecule has 0 saturated carbocycles. The van der Waals surface area contributed by atoms with Crippen molar-refractivity contribution in [2.45, 2.75) is 9.79 Å². The molecular weight excluding hydrogens is 381 g/mol. The fraction of sp³-hybridized carbons (Fsp3) is 0.286. The van der Waals surface area contributed by atoms with Crippen LogP contribution in [0.15, 0.2) is 34.1 Å². The Bertz CT molecular complexity index is 1020. The van der Waals surface area contributed by atoms with Crippen LogP contribution in [0.5, 0.6) is 5.75 Å². The molecule has 0 saturated heterocycles. The summed E-state index contributed by atoms with van der Waals surface area (Å²) >= 11 is 0. The van der Waals surface area contributed by atoms with Crippen molar-refractivity contribution in [3.63, 3.8) is 0 Å². The van der Waals surface area contributed by atoms with E-state index in [9.17, 15) is 25.9 Å². The molecule has 0 spiro atoms. The zero-order chi connectivity index (χ0) is 18.5. The van der Waals surface area contributed by atoms with Crippen molar-refractivity contribution in [1.82, 2.24) is 4.48 Å². The second kappa shape index (κ2) is 7.12. The normalized spacial score (nSPS) is 12.7. The van der Waals surface area contributed by atoms with Crippen molar-refractivity contribution in [2.24, 2.45) is 0 Å². The van der Waals surface area contributed by atoms with Crippen molar-refractivity contribution in [2.75, 3.05) is 28.3 Å². The number of fused-ring (bicyclic) bond motifs is 1. The third-order valence-electron chi connectivity index (χ3n) is 3.46. The number of methoxy groups -OCH3 is 1. The van der Waals surface area contributed by atoms with Crippen molar-refractivity contribution < 1.29 is 60.2 Å². The number of hydrogen-bond acceptors (Lipinski definition) is 7. The van der Waals surface area contributed by atoms with E-state index in [1.54, 1.807) is 21.1 Å². The minimum atomic E-state index is -4.79. The van der Waals surface area contributed by atoms with Crippen LogP contribution in [-0.2, 0) is 20.2 Å². The van der Waals surface area contributed by atoms with Gasteiger partial charge in [0.15, 0.2) is 0 Å². The van der Waals surface area contributed by atoms with Gasteiger partial charge in [-0.3, -0.25) is 4.48 Å². The van der Waals surface area contributed by atoms with Gasteiger partial charge in [-0.1, -0.05) is 0 Å². The molecule has 0 aliphatic heterocycles. The second-order valence-corrected chi connectivity index (χ2v) is 8.85. The van der Waals surface area contributed by atoms with Gasteiger partial charge in [0.25, 0.3) is 0 Å². The van der Waals surface area contributed by atoms with E-state index in [4.69, 9.17) is 4.74 Å². The van der Waals surface area contributed by atoms with Crippen LogP contribution >= 0.6 is 0 Å². The molecule has 0 radical (unpaired) electrons. The van der Waals surface area contributed by atoms with Gasteiger partial charge in [-0.2, -0.15) is 0 Å². The Balaban J connectivity index is 0.00000312. The van der Waals surface area contributed by atoms with Gasteiger partial charge in [0.2, 0.25) is 0 Å². The van der Waals surface area contributed by atoms with E-state index in [-0.39, 0.29) is 45.2 Å². The summed E-state index contributed by atoms with van der Waals surface area (Å²) in [6, 6.07) is 4.37. The van der Waals surface area contributed by atoms with Gasteiger partial charge in [0.05, 0.1) is 43.4 Å². The summed E-state index contributed by atoms with van der Waals surface area (Å²) in [7, 11) is -3.03. The molecule has 0 unspecified atom stereocenters. The van der Waals surface area contributed by atoms with E-state index in [0.717, 1.165) is 18.2 Å². The van der Waals surface area contributed by atoms with Crippen LogP contribution in [0.25, 0.3) is 10.8 Å². The molecule has 25 heavy (non-hydrogen) atoms. The fourth-order valence-electron chi connectivity index (χ4n) is 2.38. The van der Waals surface area contributed by atoms with Gasteiger partial charge in [0.1, 0.15) is 31.7 Å². The number of rotatable bonds is 4. The minimum absolute atomic E-state index is 0. The fourth-order valence-corrected chi connectivity index (χ4v) is 3.43. The predicted molar refractivity (Wildman–Crippen MR) is 86.0 cm³/mol. The Labute approximate surface area is 168 Å². The molecule has 0 bridgehead atoms. The second-order valence-electron chi connectivity index (χ2n) is 6.09. The summed E-state index contributed by atoms with van der Waals surface area (Å²) in [4.78, 5) is -1.08. The Kier molecular flexibility index (Phi) is 6.36. The first kappa shape index (κ1) is 22.3. The van der Waals surface area contributed by atoms with Crippen LogP contribution in [0.1, 0.15) is 0 Å². The minimum Gasteiger partial charge on any atom is -0.744 e. The molecule has 0 amide bonds. The Morgan fingerprint density at radius 1 is 0.880 bits per heavy atom. The summed E-state index contributed by atoms with van der Waals surface area (Å²) < 4.78 is 73.5. The largest absolute Gasteiger partial charge is 1.00 e. The Morgan fingerprint density at radius 2 is 1.32 bits per heavy atom. The summed E-state index contributed by atoms with van der Waals surface area (Å²) in [5.41, 5.74) is 0.425. The van der Waals surface area contributed by atoms with Gasteiger partial charge < -0.3 is 13.8 Å². The third-order valence-corrected chi connectivity index (χ3v) is 5.09. The zero-order valence-corrected chi connectivity index (χ0v) is 18.1. The van der Waals surface area contributed by atoms with Crippen molar-refractivity contribution >= 4 is 36.7 Å². The van der Waals surface area contributed by atoms with E-state index in [2.05, 4.69) is 0 Å². The van der Waals surface area contributed by atoms with Crippen molar-refractivity contribution in [3.8, 4) is 5.75 Å². The summed E-state index contributed by atoms with van der Waals surface area (Å²) in [6.45, 7) is 0. The number of hydrogen-bond donors (Lipinski definition) is 0. The SMILES string of the molecule is COc1cc(S(=O)(=O)[O-])cc2cc(S(=O)(=O)[O-])cc([N+](C)(C)C)c12.[Na+]. The molecule has 2 rings (SSSR count). The predicted octanol–water partition coefficient (Wildman–Crippen LogP) is -2.14. The number of nitrogens with zero attached hydrogens (tertiary/aromatic N) is 1. The zero-order valence-electron chi connectivity index (χ0n) is 14.4. The third kappa shape index (κ3) is 4.72. The molecule has 0 aliphatic carbocycles. The molecule has 0 atom stereocenters. The van der Waals surface area contributed by atoms with Gasteiger partial charge in [-0.05, 0) is 23.6 Å². The molecule has 0 heterocycles. The van der Waals surface area contributed by atoms with Gasteiger partial charge in [-0.25, -0.2) is 16.8 Å². The number of ether oxygens (including phenoxy) is 1. The smallest absolute Gasteiger partial charge is 0.744 e. The van der Waals surface area contributed by atoms with Crippen LogP contribution in [0.3, 0.4) is 0 Å². The summed E-state index contributed by atoms with van der Waals surface area (Å²) in [5, 5.41) is 0.536. The van der Waals surface area contributed by atoms with E-state index in [0.29, 0.717) is 11.1 Å². The first-order valence-electron chi connectivity index (χ1n) is 6.65. The average molecular weight is 397 g/mol.